The minimum atomic E-state index is -4.37. The van der Waals surface area contributed by atoms with E-state index in [1.54, 1.807) is 6.92 Å². The van der Waals surface area contributed by atoms with Gasteiger partial charge in [0, 0.05) is 5.56 Å². The fraction of sp³-hybridized carbons (Fsp3) is 0.300. The molecular formula is C10H9F3O2. The zero-order valence-electron chi connectivity index (χ0n) is 7.97. The first-order valence-electron chi connectivity index (χ1n) is 4.18. The number of aldehydes is 1. The van der Waals surface area contributed by atoms with Crippen molar-refractivity contribution in [1.82, 2.24) is 0 Å². The third-order valence-electron chi connectivity index (χ3n) is 1.74. The van der Waals surface area contributed by atoms with Crippen LogP contribution >= 0.6 is 0 Å². The fourth-order valence-corrected chi connectivity index (χ4v) is 1.01. The fourth-order valence-electron chi connectivity index (χ4n) is 1.01. The summed E-state index contributed by atoms with van der Waals surface area (Å²) >= 11 is 0. The Balaban J connectivity index is 2.80. The van der Waals surface area contributed by atoms with E-state index in [0.717, 1.165) is 0 Å². The Labute approximate surface area is 84.7 Å². The van der Waals surface area contributed by atoms with Gasteiger partial charge in [0.15, 0.2) is 6.61 Å². The summed E-state index contributed by atoms with van der Waals surface area (Å²) in [5.41, 5.74) is 0.850. The molecule has 0 saturated carbocycles. The largest absolute Gasteiger partial charge is 0.484 e. The molecule has 1 rings (SSSR count). The predicted molar refractivity (Wildman–Crippen MR) is 48.1 cm³/mol. The van der Waals surface area contributed by atoms with E-state index in [0.29, 0.717) is 11.8 Å². The van der Waals surface area contributed by atoms with Crippen LogP contribution in [0, 0.1) is 6.92 Å². The SMILES string of the molecule is Cc1ccc(C=O)cc1OCC(F)(F)F. The number of halogens is 3. The smallest absolute Gasteiger partial charge is 0.422 e. The Hall–Kier alpha value is -1.52. The number of carbonyl (C=O) groups excluding carboxylic acids is 1. The molecule has 0 heterocycles. The van der Waals surface area contributed by atoms with Crippen LogP contribution in [-0.2, 0) is 0 Å². The molecule has 0 fully saturated rings. The van der Waals surface area contributed by atoms with E-state index < -0.39 is 12.8 Å². The van der Waals surface area contributed by atoms with E-state index in [9.17, 15) is 18.0 Å². The van der Waals surface area contributed by atoms with Crippen molar-refractivity contribution in [2.75, 3.05) is 6.61 Å². The molecule has 15 heavy (non-hydrogen) atoms. The van der Waals surface area contributed by atoms with Gasteiger partial charge in [-0.3, -0.25) is 4.79 Å². The van der Waals surface area contributed by atoms with Crippen LogP contribution in [0.4, 0.5) is 13.2 Å². The maximum Gasteiger partial charge on any atom is 0.422 e. The molecule has 0 spiro atoms. The van der Waals surface area contributed by atoms with Crippen molar-refractivity contribution in [1.29, 1.82) is 0 Å². The lowest BCUT2D eigenvalue weighted by Gasteiger charge is -2.11. The van der Waals surface area contributed by atoms with E-state index in [4.69, 9.17) is 0 Å². The minimum absolute atomic E-state index is 0.0805. The molecule has 1 aromatic rings. The van der Waals surface area contributed by atoms with Crippen molar-refractivity contribution in [3.05, 3.63) is 29.3 Å². The van der Waals surface area contributed by atoms with Gasteiger partial charge in [0.2, 0.25) is 0 Å². The Morgan fingerprint density at radius 2 is 2.07 bits per heavy atom. The van der Waals surface area contributed by atoms with Crippen LogP contribution in [0.25, 0.3) is 0 Å². The highest BCUT2D eigenvalue weighted by atomic mass is 19.4. The zero-order valence-corrected chi connectivity index (χ0v) is 7.97. The van der Waals surface area contributed by atoms with Crippen molar-refractivity contribution >= 4 is 6.29 Å². The van der Waals surface area contributed by atoms with E-state index >= 15 is 0 Å². The van der Waals surface area contributed by atoms with E-state index in [1.165, 1.54) is 18.2 Å². The monoisotopic (exact) mass is 218 g/mol. The van der Waals surface area contributed by atoms with Gasteiger partial charge in [-0.25, -0.2) is 0 Å². The number of rotatable bonds is 3. The summed E-state index contributed by atoms with van der Waals surface area (Å²) in [6.07, 6.45) is -3.82. The topological polar surface area (TPSA) is 26.3 Å². The molecule has 0 saturated heterocycles. The highest BCUT2D eigenvalue weighted by Crippen LogP contribution is 2.22. The highest BCUT2D eigenvalue weighted by Gasteiger charge is 2.28. The maximum absolute atomic E-state index is 11.9. The first kappa shape index (κ1) is 11.6. The van der Waals surface area contributed by atoms with Crippen molar-refractivity contribution in [3.8, 4) is 5.75 Å². The number of benzene rings is 1. The predicted octanol–water partition coefficient (Wildman–Crippen LogP) is 2.75. The second-order valence-electron chi connectivity index (χ2n) is 3.05. The van der Waals surface area contributed by atoms with E-state index in [-0.39, 0.29) is 11.3 Å². The lowest BCUT2D eigenvalue weighted by molar-refractivity contribution is -0.153. The van der Waals surface area contributed by atoms with Gasteiger partial charge in [-0.2, -0.15) is 13.2 Å². The zero-order chi connectivity index (χ0) is 11.5. The molecule has 0 aliphatic heterocycles. The second-order valence-corrected chi connectivity index (χ2v) is 3.05. The van der Waals surface area contributed by atoms with Crippen molar-refractivity contribution in [2.45, 2.75) is 13.1 Å². The minimum Gasteiger partial charge on any atom is -0.484 e. The Morgan fingerprint density at radius 3 is 2.60 bits per heavy atom. The van der Waals surface area contributed by atoms with Crippen LogP contribution in [0.15, 0.2) is 18.2 Å². The number of hydrogen-bond donors (Lipinski definition) is 0. The Morgan fingerprint density at radius 1 is 1.40 bits per heavy atom. The lowest BCUT2D eigenvalue weighted by Crippen LogP contribution is -2.19. The van der Waals surface area contributed by atoms with Crippen LogP contribution in [0.2, 0.25) is 0 Å². The van der Waals surface area contributed by atoms with Crippen molar-refractivity contribution < 1.29 is 22.7 Å². The normalized spacial score (nSPS) is 11.2. The maximum atomic E-state index is 11.9. The third kappa shape index (κ3) is 3.61. The van der Waals surface area contributed by atoms with Crippen LogP contribution in [0.5, 0.6) is 5.75 Å². The summed E-state index contributed by atoms with van der Waals surface area (Å²) < 4.78 is 40.1. The third-order valence-corrected chi connectivity index (χ3v) is 1.74. The molecule has 5 heteroatoms. The molecule has 2 nitrogen and oxygen atoms in total. The number of alkyl halides is 3. The number of hydrogen-bond acceptors (Lipinski definition) is 2. The summed E-state index contributed by atoms with van der Waals surface area (Å²) in [7, 11) is 0. The van der Waals surface area contributed by atoms with Crippen LogP contribution < -0.4 is 4.74 Å². The van der Waals surface area contributed by atoms with E-state index in [1.807, 2.05) is 0 Å². The highest BCUT2D eigenvalue weighted by molar-refractivity contribution is 5.75. The number of carbonyl (C=O) groups is 1. The molecular weight excluding hydrogens is 209 g/mol. The molecule has 0 amide bonds. The Bertz CT molecular complexity index is 358. The molecule has 0 aliphatic rings. The van der Waals surface area contributed by atoms with Gasteiger partial charge in [-0.1, -0.05) is 12.1 Å². The second kappa shape index (κ2) is 4.33. The van der Waals surface area contributed by atoms with Crippen molar-refractivity contribution in [3.63, 3.8) is 0 Å². The van der Waals surface area contributed by atoms with Gasteiger partial charge in [-0.15, -0.1) is 0 Å². The average Bonchev–Trinajstić information content (AvgIpc) is 2.15. The summed E-state index contributed by atoms with van der Waals surface area (Å²) in [6, 6.07) is 4.34. The molecule has 0 bridgehead atoms. The van der Waals surface area contributed by atoms with Crippen molar-refractivity contribution in [2.24, 2.45) is 0 Å². The molecule has 82 valence electrons. The molecule has 0 aliphatic carbocycles. The first-order valence-corrected chi connectivity index (χ1v) is 4.18. The number of aryl methyl sites for hydroxylation is 1. The Kier molecular flexibility index (Phi) is 3.34. The lowest BCUT2D eigenvalue weighted by atomic mass is 10.1. The van der Waals surface area contributed by atoms with Gasteiger partial charge in [-0.05, 0) is 18.6 Å². The summed E-state index contributed by atoms with van der Waals surface area (Å²) in [5.74, 6) is 0.0805. The average molecular weight is 218 g/mol. The molecule has 0 unspecified atom stereocenters. The molecule has 1 aromatic carbocycles. The molecule has 0 atom stereocenters. The van der Waals surface area contributed by atoms with Gasteiger partial charge in [0.1, 0.15) is 12.0 Å². The van der Waals surface area contributed by atoms with Crippen LogP contribution in [-0.4, -0.2) is 19.1 Å². The first-order chi connectivity index (χ1) is 6.92. The van der Waals surface area contributed by atoms with Crippen LogP contribution in [0.1, 0.15) is 15.9 Å². The summed E-state index contributed by atoms with van der Waals surface area (Å²) in [6.45, 7) is 0.260. The van der Waals surface area contributed by atoms with E-state index in [2.05, 4.69) is 4.74 Å². The molecule has 0 N–H and O–H groups in total. The molecule has 0 aromatic heterocycles. The summed E-state index contributed by atoms with van der Waals surface area (Å²) in [4.78, 5) is 10.4. The number of ether oxygens (including phenoxy) is 1. The van der Waals surface area contributed by atoms with Gasteiger partial charge in [0.25, 0.3) is 0 Å². The molecule has 0 radical (unpaired) electrons. The van der Waals surface area contributed by atoms with Gasteiger partial charge < -0.3 is 4.74 Å². The summed E-state index contributed by atoms with van der Waals surface area (Å²) in [5, 5.41) is 0. The van der Waals surface area contributed by atoms with Gasteiger partial charge >= 0.3 is 6.18 Å². The standard InChI is InChI=1S/C10H9F3O2/c1-7-2-3-8(5-14)4-9(7)15-6-10(11,12)13/h2-5H,6H2,1H3. The quantitative estimate of drug-likeness (QED) is 0.729. The van der Waals surface area contributed by atoms with Crippen LogP contribution in [0.3, 0.4) is 0 Å². The van der Waals surface area contributed by atoms with Gasteiger partial charge in [0.05, 0.1) is 0 Å².